The van der Waals surface area contributed by atoms with Crippen LogP contribution in [0.1, 0.15) is 18.2 Å². The lowest BCUT2D eigenvalue weighted by Gasteiger charge is -2.05. The number of rotatable bonds is 4. The Bertz CT molecular complexity index is 762. The van der Waals surface area contributed by atoms with E-state index >= 15 is 0 Å². The highest BCUT2D eigenvalue weighted by atomic mass is 35.5. The van der Waals surface area contributed by atoms with Crippen LogP contribution in [0.2, 0.25) is 0 Å². The lowest BCUT2D eigenvalue weighted by Crippen LogP contribution is -1.93. The maximum atomic E-state index is 6.15. The highest BCUT2D eigenvalue weighted by Gasteiger charge is 2.13. The first-order chi connectivity index (χ1) is 10.2. The standard InChI is InChI=1S/C17H17ClN2O/c1-3-21-14-7-5-13(6-8-14)17-15(10-18)20-11-12(2)4-9-16(20)19-17/h4-9,11H,3,10H2,1-2H3. The number of ether oxygens (including phenoxy) is 1. The highest BCUT2D eigenvalue weighted by Crippen LogP contribution is 2.27. The van der Waals surface area contributed by atoms with Crippen molar-refractivity contribution in [3.63, 3.8) is 0 Å². The van der Waals surface area contributed by atoms with E-state index in [4.69, 9.17) is 21.3 Å². The summed E-state index contributed by atoms with van der Waals surface area (Å²) < 4.78 is 7.54. The molecule has 3 rings (SSSR count). The zero-order valence-electron chi connectivity index (χ0n) is 12.1. The quantitative estimate of drug-likeness (QED) is 0.666. The molecule has 0 N–H and O–H groups in total. The molecule has 0 fully saturated rings. The molecule has 0 aliphatic heterocycles. The Morgan fingerprint density at radius 2 is 1.90 bits per heavy atom. The average molecular weight is 301 g/mol. The molecule has 1 aromatic carbocycles. The second kappa shape index (κ2) is 5.78. The fourth-order valence-electron chi connectivity index (χ4n) is 2.43. The van der Waals surface area contributed by atoms with Gasteiger partial charge in [0.05, 0.1) is 23.9 Å². The van der Waals surface area contributed by atoms with Gasteiger partial charge in [0.2, 0.25) is 0 Å². The molecule has 2 heterocycles. The van der Waals surface area contributed by atoms with Gasteiger partial charge < -0.3 is 9.14 Å². The van der Waals surface area contributed by atoms with Crippen LogP contribution in [0, 0.1) is 6.92 Å². The highest BCUT2D eigenvalue weighted by molar-refractivity contribution is 6.17. The molecule has 0 unspecified atom stereocenters. The van der Waals surface area contributed by atoms with Gasteiger partial charge in [-0.1, -0.05) is 6.07 Å². The Morgan fingerprint density at radius 1 is 1.14 bits per heavy atom. The summed E-state index contributed by atoms with van der Waals surface area (Å²) in [7, 11) is 0. The van der Waals surface area contributed by atoms with Gasteiger partial charge in [0.15, 0.2) is 0 Å². The fourth-order valence-corrected chi connectivity index (χ4v) is 2.69. The molecule has 0 aliphatic carbocycles. The van der Waals surface area contributed by atoms with Crippen molar-refractivity contribution in [2.75, 3.05) is 6.61 Å². The fraction of sp³-hybridized carbons (Fsp3) is 0.235. The van der Waals surface area contributed by atoms with Crippen LogP contribution < -0.4 is 4.74 Å². The zero-order valence-corrected chi connectivity index (χ0v) is 12.9. The van der Waals surface area contributed by atoms with E-state index in [0.29, 0.717) is 12.5 Å². The van der Waals surface area contributed by atoms with E-state index in [1.54, 1.807) is 0 Å². The van der Waals surface area contributed by atoms with Crippen LogP contribution in [0.4, 0.5) is 0 Å². The molecule has 0 radical (unpaired) electrons. The van der Waals surface area contributed by atoms with E-state index in [9.17, 15) is 0 Å². The molecule has 108 valence electrons. The molecule has 0 aliphatic rings. The van der Waals surface area contributed by atoms with Crippen molar-refractivity contribution >= 4 is 17.2 Å². The van der Waals surface area contributed by atoms with E-state index in [1.807, 2.05) is 37.3 Å². The van der Waals surface area contributed by atoms with Gasteiger partial charge in [-0.15, -0.1) is 11.6 Å². The summed E-state index contributed by atoms with van der Waals surface area (Å²) in [5.41, 5.74) is 5.10. The normalized spacial score (nSPS) is 11.0. The van der Waals surface area contributed by atoms with Crippen molar-refractivity contribution in [3.05, 3.63) is 53.9 Å². The van der Waals surface area contributed by atoms with Crippen LogP contribution in [-0.2, 0) is 5.88 Å². The number of aromatic nitrogens is 2. The third kappa shape index (κ3) is 2.61. The van der Waals surface area contributed by atoms with Crippen LogP contribution in [0.3, 0.4) is 0 Å². The van der Waals surface area contributed by atoms with E-state index in [2.05, 4.69) is 23.6 Å². The molecule has 0 saturated heterocycles. The van der Waals surface area contributed by atoms with Crippen molar-refractivity contribution in [1.29, 1.82) is 0 Å². The second-order valence-electron chi connectivity index (χ2n) is 4.93. The summed E-state index contributed by atoms with van der Waals surface area (Å²) in [4.78, 5) is 4.71. The van der Waals surface area contributed by atoms with Crippen LogP contribution in [0.15, 0.2) is 42.6 Å². The van der Waals surface area contributed by atoms with E-state index in [0.717, 1.165) is 28.3 Å². The Kier molecular flexibility index (Phi) is 3.84. The Morgan fingerprint density at radius 3 is 2.57 bits per heavy atom. The van der Waals surface area contributed by atoms with E-state index in [1.165, 1.54) is 5.56 Å². The maximum absolute atomic E-state index is 6.15. The smallest absolute Gasteiger partial charge is 0.137 e. The Balaban J connectivity index is 2.10. The number of halogens is 1. The van der Waals surface area contributed by atoms with Gasteiger partial charge in [-0.25, -0.2) is 4.98 Å². The predicted octanol–water partition coefficient (Wildman–Crippen LogP) is 4.45. The molecular weight excluding hydrogens is 284 g/mol. The van der Waals surface area contributed by atoms with E-state index < -0.39 is 0 Å². The number of hydrogen-bond acceptors (Lipinski definition) is 2. The molecule has 21 heavy (non-hydrogen) atoms. The largest absolute Gasteiger partial charge is 0.494 e. The van der Waals surface area contributed by atoms with Crippen LogP contribution in [-0.4, -0.2) is 16.0 Å². The minimum atomic E-state index is 0.424. The van der Waals surface area contributed by atoms with Crippen LogP contribution in [0.5, 0.6) is 5.75 Å². The number of fused-ring (bicyclic) bond motifs is 1. The predicted molar refractivity (Wildman–Crippen MR) is 86.1 cm³/mol. The number of nitrogens with zero attached hydrogens (tertiary/aromatic N) is 2. The van der Waals surface area contributed by atoms with E-state index in [-0.39, 0.29) is 0 Å². The molecule has 0 bridgehead atoms. The summed E-state index contributed by atoms with van der Waals surface area (Å²) in [5, 5.41) is 0. The summed E-state index contributed by atoms with van der Waals surface area (Å²) >= 11 is 6.15. The van der Waals surface area contributed by atoms with Gasteiger partial charge in [-0.2, -0.15) is 0 Å². The number of alkyl halides is 1. The molecule has 0 atom stereocenters. The Hall–Kier alpha value is -2.00. The second-order valence-corrected chi connectivity index (χ2v) is 5.20. The molecule has 0 spiro atoms. The molecule has 0 amide bonds. The van der Waals surface area contributed by atoms with Crippen molar-refractivity contribution in [2.45, 2.75) is 19.7 Å². The number of imidazole rings is 1. The Labute approximate surface area is 129 Å². The van der Waals surface area contributed by atoms with Gasteiger partial charge in [0.25, 0.3) is 0 Å². The molecule has 3 nitrogen and oxygen atoms in total. The summed E-state index contributed by atoms with van der Waals surface area (Å²) in [6, 6.07) is 12.1. The van der Waals surface area contributed by atoms with Gasteiger partial charge >= 0.3 is 0 Å². The molecule has 3 aromatic rings. The molecule has 0 saturated carbocycles. The number of benzene rings is 1. The zero-order chi connectivity index (χ0) is 14.8. The van der Waals surface area contributed by atoms with Crippen molar-refractivity contribution < 1.29 is 4.74 Å². The maximum Gasteiger partial charge on any atom is 0.137 e. The van der Waals surface area contributed by atoms with Gasteiger partial charge in [0, 0.05) is 11.8 Å². The van der Waals surface area contributed by atoms with Crippen LogP contribution >= 0.6 is 11.6 Å². The van der Waals surface area contributed by atoms with Gasteiger partial charge in [0.1, 0.15) is 11.4 Å². The minimum Gasteiger partial charge on any atom is -0.494 e. The number of pyridine rings is 1. The first-order valence-electron chi connectivity index (χ1n) is 6.99. The summed E-state index contributed by atoms with van der Waals surface area (Å²) in [6.07, 6.45) is 2.07. The van der Waals surface area contributed by atoms with Crippen molar-refractivity contribution in [2.24, 2.45) is 0 Å². The molecule has 4 heteroatoms. The van der Waals surface area contributed by atoms with Crippen molar-refractivity contribution in [1.82, 2.24) is 9.38 Å². The number of aryl methyl sites for hydroxylation is 1. The lowest BCUT2D eigenvalue weighted by atomic mass is 10.1. The first kappa shape index (κ1) is 14.0. The topological polar surface area (TPSA) is 26.5 Å². The first-order valence-corrected chi connectivity index (χ1v) is 7.53. The van der Waals surface area contributed by atoms with Crippen molar-refractivity contribution in [3.8, 4) is 17.0 Å². The molecular formula is C17H17ClN2O. The monoisotopic (exact) mass is 300 g/mol. The third-order valence-electron chi connectivity index (χ3n) is 3.43. The summed E-state index contributed by atoms with van der Waals surface area (Å²) in [5.74, 6) is 1.29. The number of hydrogen-bond donors (Lipinski definition) is 0. The minimum absolute atomic E-state index is 0.424. The van der Waals surface area contributed by atoms with Gasteiger partial charge in [-0.3, -0.25) is 0 Å². The van der Waals surface area contributed by atoms with Gasteiger partial charge in [-0.05, 0) is 49.7 Å². The third-order valence-corrected chi connectivity index (χ3v) is 3.68. The summed E-state index contributed by atoms with van der Waals surface area (Å²) in [6.45, 7) is 4.71. The molecule has 2 aromatic heterocycles. The average Bonchev–Trinajstić information content (AvgIpc) is 2.86. The van der Waals surface area contributed by atoms with Crippen LogP contribution in [0.25, 0.3) is 16.9 Å². The lowest BCUT2D eigenvalue weighted by molar-refractivity contribution is 0.340. The SMILES string of the molecule is CCOc1ccc(-c2nc3ccc(C)cn3c2CCl)cc1.